The molecule has 0 spiro atoms. The molecule has 1 amide bonds. The molecule has 90 valence electrons. The van der Waals surface area contributed by atoms with E-state index in [-0.39, 0.29) is 18.1 Å². The lowest BCUT2D eigenvalue weighted by atomic mass is 10.2. The number of aromatic nitrogens is 2. The van der Waals surface area contributed by atoms with E-state index >= 15 is 0 Å². The van der Waals surface area contributed by atoms with E-state index in [0.717, 1.165) is 5.69 Å². The minimum atomic E-state index is -0.533. The number of amides is 1. The first-order chi connectivity index (χ1) is 7.60. The summed E-state index contributed by atoms with van der Waals surface area (Å²) in [4.78, 5) is 11.6. The normalized spacial score (nSPS) is 12.4. The van der Waals surface area contributed by atoms with Crippen molar-refractivity contribution in [2.45, 2.75) is 32.8 Å². The zero-order valence-electron chi connectivity index (χ0n) is 9.58. The van der Waals surface area contributed by atoms with Crippen LogP contribution in [0.3, 0.4) is 0 Å². The SMILES string of the molecule is CCc1[nH]nc(C(=O)NCC(O)CC)c1N. The summed E-state index contributed by atoms with van der Waals surface area (Å²) in [5.41, 5.74) is 7.06. The van der Waals surface area contributed by atoms with E-state index in [0.29, 0.717) is 18.5 Å². The number of hydrogen-bond acceptors (Lipinski definition) is 4. The number of nitrogen functional groups attached to an aromatic ring is 1. The Hall–Kier alpha value is -1.56. The van der Waals surface area contributed by atoms with Gasteiger partial charge in [-0.3, -0.25) is 9.89 Å². The van der Waals surface area contributed by atoms with Crippen molar-refractivity contribution in [1.82, 2.24) is 15.5 Å². The Morgan fingerprint density at radius 3 is 2.81 bits per heavy atom. The van der Waals surface area contributed by atoms with Crippen LogP contribution < -0.4 is 11.1 Å². The summed E-state index contributed by atoms with van der Waals surface area (Å²) in [7, 11) is 0. The quantitative estimate of drug-likeness (QED) is 0.569. The number of carbonyl (C=O) groups excluding carboxylic acids is 1. The van der Waals surface area contributed by atoms with E-state index in [1.54, 1.807) is 0 Å². The fourth-order valence-corrected chi connectivity index (χ4v) is 1.27. The number of aromatic amines is 1. The van der Waals surface area contributed by atoms with Gasteiger partial charge >= 0.3 is 0 Å². The first kappa shape index (κ1) is 12.5. The lowest BCUT2D eigenvalue weighted by Crippen LogP contribution is -2.32. The molecule has 0 aliphatic carbocycles. The second-order valence-corrected chi connectivity index (χ2v) is 3.59. The third-order valence-electron chi connectivity index (χ3n) is 2.42. The zero-order chi connectivity index (χ0) is 12.1. The van der Waals surface area contributed by atoms with E-state index in [1.165, 1.54) is 0 Å². The molecule has 1 heterocycles. The van der Waals surface area contributed by atoms with Crippen LogP contribution in [0.15, 0.2) is 0 Å². The lowest BCUT2D eigenvalue weighted by Gasteiger charge is -2.08. The topological polar surface area (TPSA) is 104 Å². The number of nitrogens with one attached hydrogen (secondary N) is 2. The molecule has 6 heteroatoms. The van der Waals surface area contributed by atoms with E-state index in [9.17, 15) is 9.90 Å². The summed E-state index contributed by atoms with van der Waals surface area (Å²) in [5.74, 6) is -0.360. The molecule has 5 N–H and O–H groups in total. The fourth-order valence-electron chi connectivity index (χ4n) is 1.27. The number of aliphatic hydroxyl groups is 1. The summed E-state index contributed by atoms with van der Waals surface area (Å²) in [6, 6.07) is 0. The van der Waals surface area contributed by atoms with Crippen molar-refractivity contribution in [3.63, 3.8) is 0 Å². The predicted molar refractivity (Wildman–Crippen MR) is 61.0 cm³/mol. The number of hydrogen-bond donors (Lipinski definition) is 4. The highest BCUT2D eigenvalue weighted by Gasteiger charge is 2.16. The van der Waals surface area contributed by atoms with Crippen molar-refractivity contribution in [2.24, 2.45) is 0 Å². The average molecular weight is 226 g/mol. The van der Waals surface area contributed by atoms with Crippen molar-refractivity contribution >= 4 is 11.6 Å². The predicted octanol–water partition coefficient (Wildman–Crippen LogP) is 0.0550. The molecule has 0 aromatic carbocycles. The Morgan fingerprint density at radius 2 is 2.31 bits per heavy atom. The molecular formula is C10H18N4O2. The first-order valence-electron chi connectivity index (χ1n) is 5.39. The Labute approximate surface area is 94.2 Å². The third-order valence-corrected chi connectivity index (χ3v) is 2.42. The van der Waals surface area contributed by atoms with Crippen LogP contribution in [0.4, 0.5) is 5.69 Å². The number of aryl methyl sites for hydroxylation is 1. The van der Waals surface area contributed by atoms with Crippen LogP contribution in [0.2, 0.25) is 0 Å². The third kappa shape index (κ3) is 2.73. The molecule has 0 radical (unpaired) electrons. The molecule has 0 aliphatic rings. The van der Waals surface area contributed by atoms with Crippen LogP contribution in [0.1, 0.15) is 36.5 Å². The van der Waals surface area contributed by atoms with Gasteiger partial charge in [0.2, 0.25) is 0 Å². The van der Waals surface area contributed by atoms with Gasteiger partial charge in [-0.25, -0.2) is 0 Å². The summed E-state index contributed by atoms with van der Waals surface area (Å²) in [6.07, 6.45) is 0.759. The number of aliphatic hydroxyl groups excluding tert-OH is 1. The van der Waals surface area contributed by atoms with E-state index < -0.39 is 6.10 Å². The largest absolute Gasteiger partial charge is 0.395 e. The Bertz CT molecular complexity index is 362. The summed E-state index contributed by atoms with van der Waals surface area (Å²) in [5, 5.41) is 18.4. The lowest BCUT2D eigenvalue weighted by molar-refractivity contribution is 0.0910. The molecule has 1 unspecified atom stereocenters. The molecule has 1 atom stereocenters. The molecule has 1 aromatic heterocycles. The molecule has 0 saturated heterocycles. The van der Waals surface area contributed by atoms with Crippen molar-refractivity contribution in [3.8, 4) is 0 Å². The highest BCUT2D eigenvalue weighted by atomic mass is 16.3. The van der Waals surface area contributed by atoms with Gasteiger partial charge in [-0.15, -0.1) is 0 Å². The maximum absolute atomic E-state index is 11.6. The monoisotopic (exact) mass is 226 g/mol. The number of anilines is 1. The molecule has 0 saturated carbocycles. The van der Waals surface area contributed by atoms with Gasteiger partial charge in [-0.1, -0.05) is 13.8 Å². The minimum Gasteiger partial charge on any atom is -0.395 e. The Kier molecular flexibility index (Phi) is 4.30. The summed E-state index contributed by atoms with van der Waals surface area (Å²) >= 11 is 0. The maximum atomic E-state index is 11.6. The fraction of sp³-hybridized carbons (Fsp3) is 0.600. The average Bonchev–Trinajstić information content (AvgIpc) is 2.66. The molecule has 1 aromatic rings. The zero-order valence-corrected chi connectivity index (χ0v) is 9.58. The van der Waals surface area contributed by atoms with Gasteiger partial charge in [-0.05, 0) is 12.8 Å². The van der Waals surface area contributed by atoms with Crippen LogP contribution in [0.5, 0.6) is 0 Å². The number of carbonyl (C=O) groups is 1. The van der Waals surface area contributed by atoms with E-state index in [4.69, 9.17) is 5.73 Å². The van der Waals surface area contributed by atoms with Crippen LogP contribution >= 0.6 is 0 Å². The van der Waals surface area contributed by atoms with E-state index in [2.05, 4.69) is 15.5 Å². The van der Waals surface area contributed by atoms with Crippen molar-refractivity contribution in [2.75, 3.05) is 12.3 Å². The van der Waals surface area contributed by atoms with Gasteiger partial charge in [0.15, 0.2) is 5.69 Å². The van der Waals surface area contributed by atoms with Crippen molar-refractivity contribution < 1.29 is 9.90 Å². The molecule has 6 nitrogen and oxygen atoms in total. The van der Waals surface area contributed by atoms with Crippen LogP contribution in [-0.4, -0.2) is 33.9 Å². The molecule has 16 heavy (non-hydrogen) atoms. The van der Waals surface area contributed by atoms with Gasteiger partial charge in [0.25, 0.3) is 5.91 Å². The summed E-state index contributed by atoms with van der Waals surface area (Å²) < 4.78 is 0. The highest BCUT2D eigenvalue weighted by molar-refractivity contribution is 5.97. The molecule has 1 rings (SSSR count). The Morgan fingerprint density at radius 1 is 1.62 bits per heavy atom. The molecule has 0 bridgehead atoms. The molecular weight excluding hydrogens is 208 g/mol. The van der Waals surface area contributed by atoms with Crippen molar-refractivity contribution in [1.29, 1.82) is 0 Å². The van der Waals surface area contributed by atoms with Crippen LogP contribution in [0, 0.1) is 0 Å². The minimum absolute atomic E-state index is 0.195. The number of nitrogens with zero attached hydrogens (tertiary/aromatic N) is 1. The number of H-pyrrole nitrogens is 1. The number of nitrogens with two attached hydrogens (primary N) is 1. The van der Waals surface area contributed by atoms with E-state index in [1.807, 2.05) is 13.8 Å². The van der Waals surface area contributed by atoms with Gasteiger partial charge in [0.1, 0.15) is 0 Å². The molecule has 0 aliphatic heterocycles. The second kappa shape index (κ2) is 5.50. The second-order valence-electron chi connectivity index (χ2n) is 3.59. The van der Waals surface area contributed by atoms with Gasteiger partial charge in [0.05, 0.1) is 17.5 Å². The van der Waals surface area contributed by atoms with Gasteiger partial charge < -0.3 is 16.2 Å². The number of rotatable bonds is 5. The van der Waals surface area contributed by atoms with Gasteiger partial charge in [0, 0.05) is 6.54 Å². The molecule has 0 fully saturated rings. The van der Waals surface area contributed by atoms with Crippen LogP contribution in [0.25, 0.3) is 0 Å². The first-order valence-corrected chi connectivity index (χ1v) is 5.39. The Balaban J connectivity index is 2.63. The smallest absolute Gasteiger partial charge is 0.274 e. The standard InChI is InChI=1S/C10H18N4O2/c1-3-6(15)5-12-10(16)9-8(11)7(4-2)13-14-9/h6,15H,3-5,11H2,1-2H3,(H,12,16)(H,13,14). The van der Waals surface area contributed by atoms with Crippen molar-refractivity contribution in [3.05, 3.63) is 11.4 Å². The summed E-state index contributed by atoms with van der Waals surface area (Å²) in [6.45, 7) is 3.98. The van der Waals surface area contributed by atoms with Crippen LogP contribution in [-0.2, 0) is 6.42 Å². The van der Waals surface area contributed by atoms with Gasteiger partial charge in [-0.2, -0.15) is 5.10 Å². The maximum Gasteiger partial charge on any atom is 0.274 e. The highest BCUT2D eigenvalue weighted by Crippen LogP contribution is 2.13.